The molecule has 1 heterocycles. The van der Waals surface area contributed by atoms with Gasteiger partial charge in [0.25, 0.3) is 0 Å². The molecule has 2 N–H and O–H groups in total. The zero-order valence-electron chi connectivity index (χ0n) is 11.0. The summed E-state index contributed by atoms with van der Waals surface area (Å²) in [5, 5.41) is 20.1. The van der Waals surface area contributed by atoms with Gasteiger partial charge >= 0.3 is 0 Å². The second-order valence-corrected chi connectivity index (χ2v) is 5.72. The molecule has 3 nitrogen and oxygen atoms in total. The van der Waals surface area contributed by atoms with E-state index in [1.165, 1.54) is 0 Å². The maximum Gasteiger partial charge on any atom is 0.0576 e. The van der Waals surface area contributed by atoms with Crippen LogP contribution in [0, 0.1) is 0 Å². The van der Waals surface area contributed by atoms with Crippen molar-refractivity contribution in [3.05, 3.63) is 34.9 Å². The monoisotopic (exact) mass is 284 g/mol. The minimum absolute atomic E-state index is 0.0867. The summed E-state index contributed by atoms with van der Waals surface area (Å²) >= 11 is 6.00. The molecule has 19 heavy (non-hydrogen) atoms. The third kappa shape index (κ3) is 3.48. The number of aliphatic hydroxyl groups is 2. The van der Waals surface area contributed by atoms with Crippen LogP contribution in [-0.4, -0.2) is 36.1 Å². The summed E-state index contributed by atoms with van der Waals surface area (Å²) in [7, 11) is 0. The van der Waals surface area contributed by atoms with Crippen molar-refractivity contribution in [2.75, 3.05) is 19.8 Å². The first-order valence-corrected chi connectivity index (χ1v) is 7.17. The molecule has 0 saturated carbocycles. The van der Waals surface area contributed by atoms with Crippen LogP contribution in [0.4, 0.5) is 0 Å². The molecule has 1 aliphatic rings. The molecule has 2 rings (SSSR count). The van der Waals surface area contributed by atoms with Gasteiger partial charge in [-0.1, -0.05) is 23.7 Å². The molecule has 0 amide bonds. The highest BCUT2D eigenvalue weighted by Gasteiger charge is 2.32. The van der Waals surface area contributed by atoms with Gasteiger partial charge in [0.05, 0.1) is 19.3 Å². The van der Waals surface area contributed by atoms with Gasteiger partial charge in [-0.25, -0.2) is 0 Å². The van der Waals surface area contributed by atoms with Crippen molar-refractivity contribution in [3.63, 3.8) is 0 Å². The van der Waals surface area contributed by atoms with E-state index in [2.05, 4.69) is 0 Å². The summed E-state index contributed by atoms with van der Waals surface area (Å²) in [6.07, 6.45) is 3.99. The van der Waals surface area contributed by atoms with E-state index < -0.39 is 5.41 Å². The van der Waals surface area contributed by atoms with Crippen molar-refractivity contribution >= 4 is 11.6 Å². The van der Waals surface area contributed by atoms with Crippen LogP contribution >= 0.6 is 11.6 Å². The highest BCUT2D eigenvalue weighted by atomic mass is 35.5. The zero-order chi connectivity index (χ0) is 13.7. The average Bonchev–Trinajstić information content (AvgIpc) is 2.94. The van der Waals surface area contributed by atoms with E-state index in [1.807, 2.05) is 18.2 Å². The van der Waals surface area contributed by atoms with Gasteiger partial charge in [-0.15, -0.1) is 0 Å². The van der Waals surface area contributed by atoms with E-state index in [0.29, 0.717) is 11.4 Å². The molecule has 1 aliphatic heterocycles. The van der Waals surface area contributed by atoms with Crippen molar-refractivity contribution in [3.8, 4) is 0 Å². The maximum atomic E-state index is 9.75. The standard InChI is InChI=1S/C15H21ClO3/c16-13-4-1-3-12(9-13)15(10-17,11-18)7-6-14-5-2-8-19-14/h1,3-4,9,14,17-18H,2,5-8,10-11H2. The molecular weight excluding hydrogens is 264 g/mol. The van der Waals surface area contributed by atoms with Gasteiger partial charge in [0.15, 0.2) is 0 Å². The van der Waals surface area contributed by atoms with E-state index >= 15 is 0 Å². The van der Waals surface area contributed by atoms with Crippen LogP contribution in [0.2, 0.25) is 5.02 Å². The van der Waals surface area contributed by atoms with E-state index in [0.717, 1.165) is 31.4 Å². The largest absolute Gasteiger partial charge is 0.395 e. The van der Waals surface area contributed by atoms with Crippen molar-refractivity contribution in [2.24, 2.45) is 0 Å². The Labute approximate surface area is 119 Å². The Balaban J connectivity index is 2.11. The van der Waals surface area contributed by atoms with Crippen molar-refractivity contribution in [2.45, 2.75) is 37.2 Å². The van der Waals surface area contributed by atoms with Crippen LogP contribution in [0.5, 0.6) is 0 Å². The number of aliphatic hydroxyl groups excluding tert-OH is 2. The lowest BCUT2D eigenvalue weighted by Crippen LogP contribution is -2.35. The van der Waals surface area contributed by atoms with E-state index in [1.54, 1.807) is 6.07 Å². The molecule has 1 aromatic carbocycles. The number of halogens is 1. The molecule has 0 aromatic heterocycles. The highest BCUT2D eigenvalue weighted by Crippen LogP contribution is 2.32. The Bertz CT molecular complexity index is 398. The third-order valence-electron chi connectivity index (χ3n) is 4.01. The quantitative estimate of drug-likeness (QED) is 0.844. The Morgan fingerprint density at radius 3 is 2.68 bits per heavy atom. The predicted octanol–water partition coefficient (Wildman–Crippen LogP) is 2.52. The van der Waals surface area contributed by atoms with Gasteiger partial charge in [-0.05, 0) is 43.4 Å². The Morgan fingerprint density at radius 1 is 1.32 bits per heavy atom. The van der Waals surface area contributed by atoms with E-state index in [9.17, 15) is 10.2 Å². The van der Waals surface area contributed by atoms with Crippen molar-refractivity contribution in [1.82, 2.24) is 0 Å². The van der Waals surface area contributed by atoms with Crippen LogP contribution in [0.3, 0.4) is 0 Å². The van der Waals surface area contributed by atoms with Crippen LogP contribution in [0.1, 0.15) is 31.2 Å². The third-order valence-corrected chi connectivity index (χ3v) is 4.25. The minimum Gasteiger partial charge on any atom is -0.395 e. The van der Waals surface area contributed by atoms with Crippen LogP contribution in [-0.2, 0) is 10.2 Å². The zero-order valence-corrected chi connectivity index (χ0v) is 11.8. The molecule has 0 aliphatic carbocycles. The molecule has 1 fully saturated rings. The minimum atomic E-state index is -0.628. The first-order valence-electron chi connectivity index (χ1n) is 6.79. The molecule has 1 aromatic rings. The number of hydrogen-bond donors (Lipinski definition) is 2. The lowest BCUT2D eigenvalue weighted by Gasteiger charge is -2.31. The van der Waals surface area contributed by atoms with Crippen LogP contribution < -0.4 is 0 Å². The average molecular weight is 285 g/mol. The molecule has 0 spiro atoms. The summed E-state index contributed by atoms with van der Waals surface area (Å²) in [4.78, 5) is 0. The molecule has 0 bridgehead atoms. The van der Waals surface area contributed by atoms with Crippen molar-refractivity contribution in [1.29, 1.82) is 0 Å². The number of benzene rings is 1. The molecule has 106 valence electrons. The Kier molecular flexibility index (Phi) is 5.22. The molecule has 0 radical (unpaired) electrons. The normalized spacial score (nSPS) is 19.8. The number of ether oxygens (including phenoxy) is 1. The lowest BCUT2D eigenvalue weighted by molar-refractivity contribution is 0.0684. The first kappa shape index (κ1) is 14.8. The predicted molar refractivity (Wildman–Crippen MR) is 75.5 cm³/mol. The summed E-state index contributed by atoms with van der Waals surface area (Å²) in [6.45, 7) is 0.653. The van der Waals surface area contributed by atoms with Gasteiger partial charge in [-0.2, -0.15) is 0 Å². The number of hydrogen-bond acceptors (Lipinski definition) is 3. The lowest BCUT2D eigenvalue weighted by atomic mass is 9.77. The summed E-state index contributed by atoms with van der Waals surface area (Å²) < 4.78 is 5.61. The fourth-order valence-electron chi connectivity index (χ4n) is 2.66. The molecular formula is C15H21ClO3. The summed E-state index contributed by atoms with van der Waals surface area (Å²) in [6, 6.07) is 7.38. The van der Waals surface area contributed by atoms with Crippen LogP contribution in [0.15, 0.2) is 24.3 Å². The second-order valence-electron chi connectivity index (χ2n) is 5.28. The van der Waals surface area contributed by atoms with Crippen molar-refractivity contribution < 1.29 is 14.9 Å². The van der Waals surface area contributed by atoms with Crippen LogP contribution in [0.25, 0.3) is 0 Å². The molecule has 4 heteroatoms. The molecule has 1 unspecified atom stereocenters. The summed E-state index contributed by atoms with van der Waals surface area (Å²) in [5.74, 6) is 0. The number of rotatable bonds is 6. The molecule has 1 saturated heterocycles. The van der Waals surface area contributed by atoms with E-state index in [4.69, 9.17) is 16.3 Å². The highest BCUT2D eigenvalue weighted by molar-refractivity contribution is 6.30. The summed E-state index contributed by atoms with van der Waals surface area (Å²) in [5.41, 5.74) is 0.264. The Morgan fingerprint density at radius 2 is 2.11 bits per heavy atom. The van der Waals surface area contributed by atoms with Gasteiger partial charge in [0.1, 0.15) is 0 Å². The smallest absolute Gasteiger partial charge is 0.0576 e. The van der Waals surface area contributed by atoms with Gasteiger partial charge in [0, 0.05) is 17.0 Å². The molecule has 1 atom stereocenters. The second kappa shape index (κ2) is 6.71. The Hall–Kier alpha value is -0.610. The first-order chi connectivity index (χ1) is 9.20. The maximum absolute atomic E-state index is 9.75. The van der Waals surface area contributed by atoms with Gasteiger partial charge in [-0.3, -0.25) is 0 Å². The van der Waals surface area contributed by atoms with E-state index in [-0.39, 0.29) is 19.3 Å². The topological polar surface area (TPSA) is 49.7 Å². The van der Waals surface area contributed by atoms with Gasteiger partial charge < -0.3 is 14.9 Å². The van der Waals surface area contributed by atoms with Gasteiger partial charge in [0.2, 0.25) is 0 Å². The fourth-order valence-corrected chi connectivity index (χ4v) is 2.85. The SMILES string of the molecule is OCC(CO)(CCC1CCCO1)c1cccc(Cl)c1. The fraction of sp³-hybridized carbons (Fsp3) is 0.600.